The van der Waals surface area contributed by atoms with Crippen LogP contribution in [0.3, 0.4) is 0 Å². The second-order valence-corrected chi connectivity index (χ2v) is 5.26. The van der Waals surface area contributed by atoms with Crippen LogP contribution >= 0.6 is 23.8 Å². The van der Waals surface area contributed by atoms with Crippen molar-refractivity contribution in [2.45, 2.75) is 6.92 Å². The van der Waals surface area contributed by atoms with Gasteiger partial charge >= 0.3 is 0 Å². The maximum atomic E-state index is 11.4. The van der Waals surface area contributed by atoms with Gasteiger partial charge in [-0.05, 0) is 29.3 Å². The number of carbonyl (C=O) groups excluding carboxylic acids is 1. The largest absolute Gasteiger partial charge is 0.397 e. The Labute approximate surface area is 121 Å². The van der Waals surface area contributed by atoms with Gasteiger partial charge in [-0.1, -0.05) is 42.9 Å². The first-order valence-corrected chi connectivity index (χ1v) is 6.51. The monoisotopic (exact) mass is 292 g/mol. The molecule has 2 rings (SSSR count). The molecule has 0 fully saturated rings. The molecule has 0 bridgehead atoms. The number of benzene rings is 1. The van der Waals surface area contributed by atoms with Crippen LogP contribution < -0.4 is 11.5 Å². The van der Waals surface area contributed by atoms with E-state index >= 15 is 0 Å². The van der Waals surface area contributed by atoms with E-state index in [0.29, 0.717) is 15.6 Å². The average Bonchev–Trinajstić information content (AvgIpc) is 2.37. The van der Waals surface area contributed by atoms with Crippen molar-refractivity contribution in [1.29, 1.82) is 0 Å². The van der Waals surface area contributed by atoms with Gasteiger partial charge in [-0.15, -0.1) is 0 Å². The minimum atomic E-state index is -0.571. The van der Waals surface area contributed by atoms with Crippen LogP contribution in [0.25, 0.3) is 5.57 Å². The Morgan fingerprint density at radius 3 is 2.42 bits per heavy atom. The predicted octanol–water partition coefficient (Wildman–Crippen LogP) is 2.44. The number of hydrogen-bond donors (Lipinski definition) is 2. The second kappa shape index (κ2) is 5.15. The lowest BCUT2D eigenvalue weighted by Gasteiger charge is -2.24. The summed E-state index contributed by atoms with van der Waals surface area (Å²) >= 11 is 11.2. The summed E-state index contributed by atoms with van der Waals surface area (Å²) < 4.78 is 0. The van der Waals surface area contributed by atoms with Crippen molar-refractivity contribution in [2.24, 2.45) is 17.4 Å². The number of hydrogen-bond acceptors (Lipinski definition) is 3. The molecule has 1 aliphatic rings. The molecule has 0 spiro atoms. The number of nitrogens with two attached hydrogens (primary N) is 2. The molecule has 19 heavy (non-hydrogen) atoms. The standard InChI is InChI=1S/C14H13ClN2OS/c1-7-10(8-2-4-9(15)5-3-8)6-11(14(17)18)12(16)13(7)19/h2-7H,16H2,1H3,(H2,17,18). The topological polar surface area (TPSA) is 69.1 Å². The fourth-order valence-corrected chi connectivity index (χ4v) is 2.41. The normalized spacial score (nSPS) is 19.4. The summed E-state index contributed by atoms with van der Waals surface area (Å²) in [7, 11) is 0. The molecule has 1 atom stereocenters. The Bertz CT molecular complexity index is 617. The highest BCUT2D eigenvalue weighted by Crippen LogP contribution is 2.32. The first kappa shape index (κ1) is 13.8. The molecule has 0 heterocycles. The lowest BCUT2D eigenvalue weighted by atomic mass is 9.83. The summed E-state index contributed by atoms with van der Waals surface area (Å²) in [6.45, 7) is 1.95. The minimum Gasteiger partial charge on any atom is -0.397 e. The van der Waals surface area contributed by atoms with Gasteiger partial charge in [-0.3, -0.25) is 4.79 Å². The fourth-order valence-electron chi connectivity index (χ4n) is 2.05. The summed E-state index contributed by atoms with van der Waals surface area (Å²) in [6, 6.07) is 7.35. The summed E-state index contributed by atoms with van der Waals surface area (Å²) in [4.78, 5) is 11.9. The quantitative estimate of drug-likeness (QED) is 0.823. The third-order valence-electron chi connectivity index (χ3n) is 3.16. The van der Waals surface area contributed by atoms with Crippen LogP contribution in [0.4, 0.5) is 0 Å². The Morgan fingerprint density at radius 1 is 1.32 bits per heavy atom. The molecule has 4 N–H and O–H groups in total. The van der Waals surface area contributed by atoms with Gasteiger partial charge < -0.3 is 11.5 Å². The van der Waals surface area contributed by atoms with E-state index in [0.717, 1.165) is 11.1 Å². The van der Waals surface area contributed by atoms with Crippen molar-refractivity contribution in [1.82, 2.24) is 0 Å². The molecule has 98 valence electrons. The molecule has 5 heteroatoms. The summed E-state index contributed by atoms with van der Waals surface area (Å²) in [5.74, 6) is -0.613. The number of rotatable bonds is 2. The van der Waals surface area contributed by atoms with Crippen molar-refractivity contribution >= 4 is 40.2 Å². The highest BCUT2D eigenvalue weighted by molar-refractivity contribution is 7.81. The maximum Gasteiger partial charge on any atom is 0.250 e. The third-order valence-corrected chi connectivity index (χ3v) is 3.98. The van der Waals surface area contributed by atoms with Crippen LogP contribution in [0.5, 0.6) is 0 Å². The molecular weight excluding hydrogens is 280 g/mol. The lowest BCUT2D eigenvalue weighted by molar-refractivity contribution is -0.114. The van der Waals surface area contributed by atoms with E-state index in [2.05, 4.69) is 0 Å². The molecule has 1 aromatic carbocycles. The van der Waals surface area contributed by atoms with Gasteiger partial charge in [0.05, 0.1) is 11.3 Å². The van der Waals surface area contributed by atoms with Crippen molar-refractivity contribution < 1.29 is 4.79 Å². The maximum absolute atomic E-state index is 11.4. The fraction of sp³-hybridized carbons (Fsp3) is 0.143. The van der Waals surface area contributed by atoms with Gasteiger partial charge in [0.25, 0.3) is 5.91 Å². The SMILES string of the molecule is CC1C(=S)C(N)=C(C(N)=O)C=C1c1ccc(Cl)cc1. The van der Waals surface area contributed by atoms with Crippen LogP contribution in [0.1, 0.15) is 12.5 Å². The van der Waals surface area contributed by atoms with Crippen molar-refractivity contribution in [3.8, 4) is 0 Å². The average molecular weight is 293 g/mol. The number of amides is 1. The zero-order chi connectivity index (χ0) is 14.2. The van der Waals surface area contributed by atoms with Crippen molar-refractivity contribution in [3.05, 3.63) is 52.2 Å². The Kier molecular flexibility index (Phi) is 3.73. The Hall–Kier alpha value is -1.65. The van der Waals surface area contributed by atoms with Gasteiger partial charge in [-0.2, -0.15) is 0 Å². The van der Waals surface area contributed by atoms with Crippen LogP contribution in [0, 0.1) is 5.92 Å². The van der Waals surface area contributed by atoms with E-state index < -0.39 is 5.91 Å². The van der Waals surface area contributed by atoms with Gasteiger partial charge in [0.2, 0.25) is 0 Å². The number of carbonyl (C=O) groups is 1. The van der Waals surface area contributed by atoms with E-state index in [1.54, 1.807) is 18.2 Å². The van der Waals surface area contributed by atoms with Crippen LogP contribution in [-0.2, 0) is 4.79 Å². The number of primary amides is 1. The van der Waals surface area contributed by atoms with Crippen LogP contribution in [0.2, 0.25) is 5.02 Å². The van der Waals surface area contributed by atoms with Crippen molar-refractivity contribution in [2.75, 3.05) is 0 Å². The smallest absolute Gasteiger partial charge is 0.250 e. The Morgan fingerprint density at radius 2 is 1.89 bits per heavy atom. The van der Waals surface area contributed by atoms with Gasteiger partial charge in [0.15, 0.2) is 0 Å². The molecule has 0 radical (unpaired) electrons. The highest BCUT2D eigenvalue weighted by atomic mass is 35.5. The molecule has 1 aromatic rings. The zero-order valence-electron chi connectivity index (χ0n) is 10.3. The van der Waals surface area contributed by atoms with Gasteiger partial charge in [0, 0.05) is 15.8 Å². The first-order chi connectivity index (χ1) is 8.91. The van der Waals surface area contributed by atoms with Crippen LogP contribution in [0.15, 0.2) is 41.6 Å². The molecule has 1 aliphatic carbocycles. The minimum absolute atomic E-state index is 0.0423. The molecule has 1 unspecified atom stereocenters. The zero-order valence-corrected chi connectivity index (χ0v) is 11.9. The number of thiocarbonyl (C=S) groups is 1. The number of allylic oxidation sites excluding steroid dienone is 2. The molecule has 0 saturated carbocycles. The van der Waals surface area contributed by atoms with Crippen LogP contribution in [-0.4, -0.2) is 10.8 Å². The molecule has 3 nitrogen and oxygen atoms in total. The second-order valence-electron chi connectivity index (χ2n) is 4.38. The van der Waals surface area contributed by atoms with Gasteiger partial charge in [0.1, 0.15) is 0 Å². The lowest BCUT2D eigenvalue weighted by Crippen LogP contribution is -2.28. The predicted molar refractivity (Wildman–Crippen MR) is 81.6 cm³/mol. The summed E-state index contributed by atoms with van der Waals surface area (Å²) in [5.41, 5.74) is 13.6. The van der Waals surface area contributed by atoms with E-state index in [1.165, 1.54) is 0 Å². The molecule has 0 aromatic heterocycles. The van der Waals surface area contributed by atoms with E-state index in [1.807, 2.05) is 19.1 Å². The molecular formula is C14H13ClN2OS. The Balaban J connectivity index is 2.55. The van der Waals surface area contributed by atoms with E-state index in [9.17, 15) is 4.79 Å². The number of halogens is 1. The first-order valence-electron chi connectivity index (χ1n) is 5.73. The van der Waals surface area contributed by atoms with E-state index in [4.69, 9.17) is 35.3 Å². The molecule has 0 aliphatic heterocycles. The highest BCUT2D eigenvalue weighted by Gasteiger charge is 2.26. The third kappa shape index (κ3) is 2.55. The van der Waals surface area contributed by atoms with Crippen molar-refractivity contribution in [3.63, 3.8) is 0 Å². The van der Waals surface area contributed by atoms with Gasteiger partial charge in [-0.25, -0.2) is 0 Å². The molecule has 1 amide bonds. The molecule has 0 saturated heterocycles. The summed E-state index contributed by atoms with van der Waals surface area (Å²) in [5, 5.41) is 0.653. The van der Waals surface area contributed by atoms with E-state index in [-0.39, 0.29) is 11.5 Å². The summed E-state index contributed by atoms with van der Waals surface area (Å²) in [6.07, 6.45) is 1.71.